The third kappa shape index (κ3) is 7.58. The minimum Gasteiger partial charge on any atom is -0.480 e. The Morgan fingerprint density at radius 1 is 1.33 bits per heavy atom. The van der Waals surface area contributed by atoms with E-state index in [1.54, 1.807) is 19.2 Å². The predicted octanol–water partition coefficient (Wildman–Crippen LogP) is 3.53. The molecule has 1 atom stereocenters. The quantitative estimate of drug-likeness (QED) is 0.677. The first-order chi connectivity index (χ1) is 11.6. The number of carboxylic acid groups (broad SMARTS) is 1. The number of rotatable bonds is 9. The van der Waals surface area contributed by atoms with Crippen LogP contribution in [0.15, 0.2) is 47.1 Å². The van der Waals surface area contributed by atoms with Crippen LogP contribution < -0.4 is 5.32 Å². The molecule has 1 rings (SSSR count). The van der Waals surface area contributed by atoms with Crippen LogP contribution in [0, 0.1) is 0 Å². The molecule has 2 N–H and O–H groups in total. The number of amides is 1. The highest BCUT2D eigenvalue weighted by atomic mass is 16.5. The van der Waals surface area contributed by atoms with Crippen molar-refractivity contribution in [3.8, 4) is 0 Å². The summed E-state index contributed by atoms with van der Waals surface area (Å²) < 4.78 is 5.05. The Balaban J connectivity index is 2.55. The van der Waals surface area contributed by atoms with Gasteiger partial charge in [-0.25, -0.2) is 9.59 Å². The van der Waals surface area contributed by atoms with Gasteiger partial charge in [0.25, 0.3) is 0 Å². The number of nitrogens with one attached hydrogen (secondary N) is 1. The first-order valence-corrected chi connectivity index (χ1v) is 7.94. The van der Waals surface area contributed by atoms with Crippen LogP contribution in [0.5, 0.6) is 0 Å². The number of benzene rings is 1. The van der Waals surface area contributed by atoms with Crippen LogP contribution in [0.2, 0.25) is 0 Å². The van der Waals surface area contributed by atoms with E-state index in [0.717, 1.165) is 18.4 Å². The minimum absolute atomic E-state index is 0.0874. The lowest BCUT2D eigenvalue weighted by Crippen LogP contribution is -2.41. The standard InChI is InChI=1S/C18H24N2O4/c1-3-5-11-19-15(4-2)12-16(17(21)22)20-18(23)24-13-14-9-7-6-8-10-14/h4,6-11,16H,3,5,12-13H2,1-2H3,(H,20,23)(H,21,22)/b15-4-,19-11?. The Bertz CT molecular complexity index is 582. The molecule has 0 radical (unpaired) electrons. The first-order valence-electron chi connectivity index (χ1n) is 7.94. The number of unbranched alkanes of at least 4 members (excludes halogenated alkanes) is 1. The molecule has 0 fully saturated rings. The lowest BCUT2D eigenvalue weighted by atomic mass is 10.1. The van der Waals surface area contributed by atoms with Gasteiger partial charge < -0.3 is 15.2 Å². The fourth-order valence-electron chi connectivity index (χ4n) is 1.87. The van der Waals surface area contributed by atoms with Gasteiger partial charge in [0.2, 0.25) is 0 Å². The zero-order valence-corrected chi connectivity index (χ0v) is 14.1. The molecule has 0 aliphatic heterocycles. The van der Waals surface area contributed by atoms with Crippen molar-refractivity contribution in [2.45, 2.75) is 45.8 Å². The molecule has 1 aromatic rings. The molecule has 1 unspecified atom stereocenters. The van der Waals surface area contributed by atoms with Crippen molar-refractivity contribution >= 4 is 18.3 Å². The Kier molecular flexibility index (Phi) is 8.89. The Morgan fingerprint density at radius 3 is 2.62 bits per heavy atom. The van der Waals surface area contributed by atoms with E-state index in [-0.39, 0.29) is 13.0 Å². The van der Waals surface area contributed by atoms with E-state index in [1.165, 1.54) is 0 Å². The van der Waals surface area contributed by atoms with Crippen molar-refractivity contribution in [2.75, 3.05) is 0 Å². The molecule has 0 bridgehead atoms. The summed E-state index contributed by atoms with van der Waals surface area (Å²) >= 11 is 0. The van der Waals surface area contributed by atoms with Crippen LogP contribution in [0.3, 0.4) is 0 Å². The molecule has 0 aromatic heterocycles. The van der Waals surface area contributed by atoms with Crippen LogP contribution in [-0.2, 0) is 16.1 Å². The average Bonchev–Trinajstić information content (AvgIpc) is 2.59. The van der Waals surface area contributed by atoms with Crippen molar-refractivity contribution in [3.05, 3.63) is 47.7 Å². The summed E-state index contributed by atoms with van der Waals surface area (Å²) in [6, 6.07) is 8.09. The van der Waals surface area contributed by atoms with Crippen LogP contribution in [0.4, 0.5) is 4.79 Å². The van der Waals surface area contributed by atoms with Gasteiger partial charge in [0, 0.05) is 18.3 Å². The first kappa shape index (κ1) is 19.4. The second-order valence-corrected chi connectivity index (χ2v) is 5.18. The average molecular weight is 332 g/mol. The molecule has 24 heavy (non-hydrogen) atoms. The molecule has 0 saturated heterocycles. The zero-order chi connectivity index (χ0) is 17.8. The van der Waals surface area contributed by atoms with Gasteiger partial charge in [0.1, 0.15) is 12.6 Å². The number of carbonyl (C=O) groups is 2. The lowest BCUT2D eigenvalue weighted by molar-refractivity contribution is -0.139. The van der Waals surface area contributed by atoms with Crippen LogP contribution in [0.25, 0.3) is 0 Å². The maximum Gasteiger partial charge on any atom is 0.408 e. The summed E-state index contributed by atoms with van der Waals surface area (Å²) in [7, 11) is 0. The molecular weight excluding hydrogens is 308 g/mol. The highest BCUT2D eigenvalue weighted by Crippen LogP contribution is 2.09. The molecule has 0 heterocycles. The molecule has 0 aliphatic rings. The number of carboxylic acids is 1. The summed E-state index contributed by atoms with van der Waals surface area (Å²) in [5.74, 6) is -1.13. The molecule has 1 amide bonds. The maximum atomic E-state index is 11.8. The minimum atomic E-state index is -1.13. The van der Waals surface area contributed by atoms with Gasteiger partial charge in [0.15, 0.2) is 0 Å². The summed E-state index contributed by atoms with van der Waals surface area (Å²) in [5, 5.41) is 11.6. The van der Waals surface area contributed by atoms with Crippen molar-refractivity contribution in [2.24, 2.45) is 4.99 Å². The van der Waals surface area contributed by atoms with E-state index < -0.39 is 18.1 Å². The van der Waals surface area contributed by atoms with Crippen molar-refractivity contribution < 1.29 is 19.4 Å². The van der Waals surface area contributed by atoms with E-state index in [2.05, 4.69) is 10.3 Å². The SMILES string of the molecule is C/C=C(/CC(NC(=O)OCc1ccccc1)C(=O)O)N=CCCC. The fraction of sp³-hybridized carbons (Fsp3) is 0.389. The van der Waals surface area contributed by atoms with Crippen LogP contribution >= 0.6 is 0 Å². The fourth-order valence-corrected chi connectivity index (χ4v) is 1.87. The number of alkyl carbamates (subject to hydrolysis) is 1. The second kappa shape index (κ2) is 11.0. The molecule has 0 aliphatic carbocycles. The van der Waals surface area contributed by atoms with E-state index in [1.807, 2.05) is 37.3 Å². The molecule has 6 nitrogen and oxygen atoms in total. The van der Waals surface area contributed by atoms with Crippen molar-refractivity contribution in [3.63, 3.8) is 0 Å². The highest BCUT2D eigenvalue weighted by Gasteiger charge is 2.21. The summed E-state index contributed by atoms with van der Waals surface area (Å²) in [4.78, 5) is 27.4. The summed E-state index contributed by atoms with van der Waals surface area (Å²) in [6.07, 6.45) is 4.61. The monoisotopic (exact) mass is 332 g/mol. The normalized spacial score (nSPS) is 12.8. The number of hydrogen-bond acceptors (Lipinski definition) is 4. The summed E-state index contributed by atoms with van der Waals surface area (Å²) in [6.45, 7) is 3.90. The number of carbonyl (C=O) groups excluding carboxylic acids is 1. The topological polar surface area (TPSA) is 88.0 Å². The van der Waals surface area contributed by atoms with Gasteiger partial charge in [-0.2, -0.15) is 0 Å². The number of aliphatic imine (C=N–C) groups is 1. The number of allylic oxidation sites excluding steroid dienone is 1. The summed E-state index contributed by atoms with van der Waals surface area (Å²) in [5.41, 5.74) is 1.44. The van der Waals surface area contributed by atoms with Crippen LogP contribution in [0.1, 0.15) is 38.7 Å². The molecule has 0 saturated carbocycles. The maximum absolute atomic E-state index is 11.8. The molecule has 130 valence electrons. The van der Waals surface area contributed by atoms with E-state index >= 15 is 0 Å². The van der Waals surface area contributed by atoms with Crippen molar-refractivity contribution in [1.29, 1.82) is 0 Å². The van der Waals surface area contributed by atoms with Crippen molar-refractivity contribution in [1.82, 2.24) is 5.32 Å². The zero-order valence-electron chi connectivity index (χ0n) is 14.1. The van der Waals surface area contributed by atoms with Gasteiger partial charge in [-0.05, 0) is 18.9 Å². The van der Waals surface area contributed by atoms with Gasteiger partial charge in [-0.15, -0.1) is 0 Å². The second-order valence-electron chi connectivity index (χ2n) is 5.18. The highest BCUT2D eigenvalue weighted by molar-refractivity contribution is 5.80. The van der Waals surface area contributed by atoms with Gasteiger partial charge in [0.05, 0.1) is 0 Å². The largest absolute Gasteiger partial charge is 0.480 e. The van der Waals surface area contributed by atoms with E-state index in [4.69, 9.17) is 4.74 Å². The number of hydrogen-bond donors (Lipinski definition) is 2. The number of nitrogens with zero attached hydrogens (tertiary/aromatic N) is 1. The Hall–Kier alpha value is -2.63. The Labute approximate surface area is 142 Å². The molecule has 6 heteroatoms. The van der Waals surface area contributed by atoms with E-state index in [9.17, 15) is 14.7 Å². The third-order valence-electron chi connectivity index (χ3n) is 3.22. The van der Waals surface area contributed by atoms with Gasteiger partial charge in [-0.1, -0.05) is 49.8 Å². The van der Waals surface area contributed by atoms with Gasteiger partial charge in [-0.3, -0.25) is 4.99 Å². The number of ether oxygens (including phenoxy) is 1. The van der Waals surface area contributed by atoms with Gasteiger partial charge >= 0.3 is 12.1 Å². The molecule has 0 spiro atoms. The predicted molar refractivity (Wildman–Crippen MR) is 93.0 cm³/mol. The molecular formula is C18H24N2O4. The number of aliphatic carboxylic acids is 1. The smallest absolute Gasteiger partial charge is 0.408 e. The molecule has 1 aromatic carbocycles. The third-order valence-corrected chi connectivity index (χ3v) is 3.22. The lowest BCUT2D eigenvalue weighted by Gasteiger charge is -2.15. The van der Waals surface area contributed by atoms with Crippen LogP contribution in [-0.4, -0.2) is 29.4 Å². The Morgan fingerprint density at radius 2 is 2.04 bits per heavy atom. The van der Waals surface area contributed by atoms with E-state index in [0.29, 0.717) is 5.70 Å².